The van der Waals surface area contributed by atoms with Gasteiger partial charge in [0.05, 0.1) is 41.3 Å². The highest BCUT2D eigenvalue weighted by Crippen LogP contribution is 2.38. The second-order valence-corrected chi connectivity index (χ2v) is 12.1. The molecule has 4 aromatic rings. The lowest BCUT2D eigenvalue weighted by atomic mass is 9.93. The fraction of sp³-hybridized carbons (Fsp3) is 0.257. The molecule has 2 aliphatic rings. The Bertz CT molecular complexity index is 1970. The number of hydrogen-bond donors (Lipinski definition) is 0. The van der Waals surface area contributed by atoms with Crippen LogP contribution in [0.2, 0.25) is 0 Å². The van der Waals surface area contributed by atoms with Gasteiger partial charge in [0, 0.05) is 17.2 Å². The zero-order chi connectivity index (χ0) is 31.1. The van der Waals surface area contributed by atoms with Gasteiger partial charge in [-0.05, 0) is 58.4 Å². The van der Waals surface area contributed by atoms with Crippen molar-refractivity contribution < 1.29 is 19.1 Å². The Morgan fingerprint density at radius 3 is 2.27 bits per heavy atom. The van der Waals surface area contributed by atoms with Crippen LogP contribution >= 0.6 is 11.3 Å². The molecule has 1 amide bonds. The number of benzene rings is 3. The second kappa shape index (κ2) is 11.7. The van der Waals surface area contributed by atoms with Crippen LogP contribution in [-0.4, -0.2) is 35.2 Å². The number of ether oxygens (including phenoxy) is 2. The molecule has 6 rings (SSSR count). The van der Waals surface area contributed by atoms with Gasteiger partial charge in [-0.1, -0.05) is 72.0 Å². The van der Waals surface area contributed by atoms with E-state index in [1.165, 1.54) is 4.57 Å². The first kappa shape index (κ1) is 29.3. The second-order valence-electron chi connectivity index (χ2n) is 11.1. The van der Waals surface area contributed by atoms with E-state index >= 15 is 0 Å². The summed E-state index contributed by atoms with van der Waals surface area (Å²) in [6, 6.07) is 23.3. The molecule has 0 radical (unpaired) electrons. The average molecular weight is 608 g/mol. The lowest BCUT2D eigenvalue weighted by molar-refractivity contribution is -0.138. The van der Waals surface area contributed by atoms with Crippen LogP contribution < -0.4 is 24.5 Å². The van der Waals surface area contributed by atoms with Crippen molar-refractivity contribution in [3.05, 3.63) is 121 Å². The van der Waals surface area contributed by atoms with Crippen LogP contribution in [0.3, 0.4) is 0 Å². The first-order chi connectivity index (χ1) is 21.2. The molecule has 0 aliphatic carbocycles. The number of hydrogen-bond acceptors (Lipinski definition) is 7. The van der Waals surface area contributed by atoms with Crippen LogP contribution in [-0.2, 0) is 14.3 Å². The molecule has 44 heavy (non-hydrogen) atoms. The molecule has 224 valence electrons. The number of carbonyl (C=O) groups is 2. The van der Waals surface area contributed by atoms with Crippen LogP contribution in [0.1, 0.15) is 57.4 Å². The molecule has 0 unspecified atom stereocenters. The number of para-hydroxylation sites is 1. The van der Waals surface area contributed by atoms with Gasteiger partial charge in [-0.2, -0.15) is 0 Å². The Balaban J connectivity index is 1.68. The third kappa shape index (κ3) is 4.97. The predicted molar refractivity (Wildman–Crippen MR) is 171 cm³/mol. The number of nitrogens with zero attached hydrogens (tertiary/aromatic N) is 3. The number of amides is 1. The molecule has 0 saturated heterocycles. The van der Waals surface area contributed by atoms with E-state index in [1.807, 2.05) is 107 Å². The Kier molecular flexibility index (Phi) is 7.82. The molecule has 1 aromatic heterocycles. The number of fused-ring (bicyclic) bond motifs is 2. The molecular formula is C35H33N3O5S. The van der Waals surface area contributed by atoms with E-state index < -0.39 is 12.0 Å². The summed E-state index contributed by atoms with van der Waals surface area (Å²) in [5, 5.41) is 0. The van der Waals surface area contributed by atoms with Gasteiger partial charge in [0.2, 0.25) is 0 Å². The van der Waals surface area contributed by atoms with Gasteiger partial charge in [-0.3, -0.25) is 14.2 Å². The molecule has 0 spiro atoms. The van der Waals surface area contributed by atoms with E-state index in [0.29, 0.717) is 32.9 Å². The van der Waals surface area contributed by atoms with E-state index in [1.54, 1.807) is 11.8 Å². The number of rotatable bonds is 7. The van der Waals surface area contributed by atoms with Crippen molar-refractivity contribution in [1.82, 2.24) is 4.57 Å². The van der Waals surface area contributed by atoms with E-state index in [4.69, 9.17) is 14.5 Å². The Morgan fingerprint density at radius 2 is 1.61 bits per heavy atom. The smallest absolute Gasteiger partial charge is 0.338 e. The third-order valence-corrected chi connectivity index (χ3v) is 8.58. The maximum atomic E-state index is 14.5. The van der Waals surface area contributed by atoms with Gasteiger partial charge in [0.1, 0.15) is 10.3 Å². The van der Waals surface area contributed by atoms with Crippen molar-refractivity contribution in [1.29, 1.82) is 0 Å². The zero-order valence-corrected chi connectivity index (χ0v) is 26.1. The fourth-order valence-electron chi connectivity index (χ4n) is 5.78. The highest BCUT2D eigenvalue weighted by Gasteiger charge is 2.38. The highest BCUT2D eigenvalue weighted by atomic mass is 32.1. The van der Waals surface area contributed by atoms with E-state index in [-0.39, 0.29) is 40.3 Å². The molecule has 1 atom stereocenters. The molecular weight excluding hydrogens is 574 g/mol. The Morgan fingerprint density at radius 1 is 0.932 bits per heavy atom. The van der Waals surface area contributed by atoms with Crippen molar-refractivity contribution in [2.45, 2.75) is 52.8 Å². The van der Waals surface area contributed by atoms with Gasteiger partial charge >= 0.3 is 5.97 Å². The summed E-state index contributed by atoms with van der Waals surface area (Å²) in [6.07, 6.45) is -0.0167. The molecule has 2 aliphatic heterocycles. The zero-order valence-electron chi connectivity index (χ0n) is 25.2. The summed E-state index contributed by atoms with van der Waals surface area (Å²) in [5.74, 6) is -0.120. The van der Waals surface area contributed by atoms with Gasteiger partial charge in [0.25, 0.3) is 11.5 Å². The van der Waals surface area contributed by atoms with Crippen molar-refractivity contribution >= 4 is 40.2 Å². The molecule has 0 bridgehead atoms. The lowest BCUT2D eigenvalue weighted by Crippen LogP contribution is -2.41. The van der Waals surface area contributed by atoms with Crippen LogP contribution in [0.25, 0.3) is 11.3 Å². The summed E-state index contributed by atoms with van der Waals surface area (Å²) in [4.78, 5) is 49.2. The van der Waals surface area contributed by atoms with E-state index in [2.05, 4.69) is 0 Å². The summed E-state index contributed by atoms with van der Waals surface area (Å²) in [5.41, 5.74) is 3.51. The number of esters is 1. The first-order valence-electron chi connectivity index (χ1n) is 14.7. The normalized spacial score (nSPS) is 17.1. The predicted octanol–water partition coefficient (Wildman–Crippen LogP) is 4.85. The third-order valence-electron chi connectivity index (χ3n) is 7.53. The molecule has 3 aromatic carbocycles. The van der Waals surface area contributed by atoms with Crippen LogP contribution in [0.4, 0.5) is 5.69 Å². The van der Waals surface area contributed by atoms with E-state index in [0.717, 1.165) is 22.6 Å². The molecule has 0 N–H and O–H groups in total. The van der Waals surface area contributed by atoms with Crippen LogP contribution in [0, 0.1) is 0 Å². The monoisotopic (exact) mass is 607 g/mol. The summed E-state index contributed by atoms with van der Waals surface area (Å²) in [7, 11) is 0. The van der Waals surface area contributed by atoms with Gasteiger partial charge in [0.15, 0.2) is 4.80 Å². The van der Waals surface area contributed by atoms with Gasteiger partial charge < -0.3 is 14.4 Å². The van der Waals surface area contributed by atoms with Crippen molar-refractivity contribution in [3.63, 3.8) is 0 Å². The Labute approximate surface area is 259 Å². The highest BCUT2D eigenvalue weighted by molar-refractivity contribution is 7.07. The maximum absolute atomic E-state index is 14.5. The van der Waals surface area contributed by atoms with Crippen LogP contribution in [0.15, 0.2) is 94.2 Å². The summed E-state index contributed by atoms with van der Waals surface area (Å²) < 4.78 is 13.2. The quantitative estimate of drug-likeness (QED) is 0.280. The van der Waals surface area contributed by atoms with Crippen molar-refractivity contribution in [2.24, 2.45) is 4.99 Å². The van der Waals surface area contributed by atoms with Gasteiger partial charge in [-0.15, -0.1) is 0 Å². The molecule has 8 nitrogen and oxygen atoms in total. The minimum Gasteiger partial charge on any atom is -0.491 e. The average Bonchev–Trinajstić information content (AvgIpc) is 3.49. The number of anilines is 1. The SMILES string of the molecule is CCOC(=O)C1=C(c2ccccc2)N=c2s/c(=C3\C(=O)N(C(C)C)c4ccccc43)c(=O)n2[C@@H]1c1ccc(OC(C)C)cc1. The number of carbonyl (C=O) groups excluding carboxylic acids is 2. The summed E-state index contributed by atoms with van der Waals surface area (Å²) >= 11 is 1.16. The molecule has 3 heterocycles. The number of aromatic nitrogens is 1. The topological polar surface area (TPSA) is 90.2 Å². The molecule has 0 fully saturated rings. The number of thiazole rings is 1. The van der Waals surface area contributed by atoms with Crippen LogP contribution in [0.5, 0.6) is 5.75 Å². The first-order valence-corrected chi connectivity index (χ1v) is 15.5. The minimum absolute atomic E-state index is 0.0167. The largest absolute Gasteiger partial charge is 0.491 e. The fourth-order valence-corrected chi connectivity index (χ4v) is 6.87. The molecule has 9 heteroatoms. The maximum Gasteiger partial charge on any atom is 0.338 e. The van der Waals surface area contributed by atoms with Crippen molar-refractivity contribution in [3.8, 4) is 5.75 Å². The summed E-state index contributed by atoms with van der Waals surface area (Å²) in [6.45, 7) is 9.69. The molecule has 0 saturated carbocycles. The van der Waals surface area contributed by atoms with Gasteiger partial charge in [-0.25, -0.2) is 9.79 Å². The Hall–Kier alpha value is -4.76. The lowest BCUT2D eigenvalue weighted by Gasteiger charge is -2.26. The van der Waals surface area contributed by atoms with E-state index in [9.17, 15) is 14.4 Å². The standard InChI is InChI=1S/C35H33N3O5S/c1-6-42-34(41)28-29(22-12-8-7-9-13-22)36-35-38(30(28)23-16-18-24(19-17-23)43-21(4)5)33(40)31(44-35)27-25-14-10-11-15-26(25)37(20(2)3)32(27)39/h7-21,30H,6H2,1-5H3/b31-27-/t30-/m1/s1. The van der Waals surface area contributed by atoms with Crippen molar-refractivity contribution in [2.75, 3.05) is 11.5 Å². The minimum atomic E-state index is -0.851.